The van der Waals surface area contributed by atoms with Gasteiger partial charge in [-0.2, -0.15) is 30.7 Å². The molecule has 0 radical (unpaired) electrons. The largest absolute Gasteiger partial charge is 0.429 e. The molecule has 10 heteroatoms. The minimum atomic E-state index is -6.10. The molecule has 0 saturated carbocycles. The molecule has 2 nitrogen and oxygen atoms in total. The second-order valence-corrected chi connectivity index (χ2v) is 3.66. The van der Waals surface area contributed by atoms with Gasteiger partial charge in [0, 0.05) is 13.5 Å². The van der Waals surface area contributed by atoms with Crippen LogP contribution in [0.15, 0.2) is 0 Å². The maximum atomic E-state index is 13.8. The topological polar surface area (TPSA) is 18.5 Å². The molecule has 0 N–H and O–H groups in total. The van der Waals surface area contributed by atoms with Gasteiger partial charge in [0.15, 0.2) is 0 Å². The minimum Gasteiger partial charge on any atom is -0.359 e. The van der Waals surface area contributed by atoms with Gasteiger partial charge in [-0.1, -0.05) is 6.92 Å². The van der Waals surface area contributed by atoms with E-state index in [2.05, 4.69) is 9.47 Å². The summed E-state index contributed by atoms with van der Waals surface area (Å²) in [4.78, 5) is 0. The van der Waals surface area contributed by atoms with Crippen LogP contribution in [0.3, 0.4) is 0 Å². The highest BCUT2D eigenvalue weighted by atomic mass is 19.4. The Kier molecular flexibility index (Phi) is 3.16. The quantitative estimate of drug-likeness (QED) is 0.726. The summed E-state index contributed by atoms with van der Waals surface area (Å²) in [6.45, 7) is 0.650. The summed E-state index contributed by atoms with van der Waals surface area (Å²) >= 11 is 0. The SMILES string of the molecule is CCC1(F)OC(F)(F)C(F)(F)C1(OC)C(F)(F)F. The van der Waals surface area contributed by atoms with E-state index in [1.54, 1.807) is 0 Å². The molecule has 108 valence electrons. The normalized spacial score (nSPS) is 39.0. The predicted molar refractivity (Wildman–Crippen MR) is 40.9 cm³/mol. The summed E-state index contributed by atoms with van der Waals surface area (Å²) in [5, 5.41) is 0. The van der Waals surface area contributed by atoms with Gasteiger partial charge in [0.05, 0.1) is 0 Å². The van der Waals surface area contributed by atoms with E-state index >= 15 is 0 Å². The van der Waals surface area contributed by atoms with E-state index in [-0.39, 0.29) is 7.11 Å². The van der Waals surface area contributed by atoms with Gasteiger partial charge in [-0.15, -0.1) is 0 Å². The first-order valence-electron chi connectivity index (χ1n) is 4.59. The Morgan fingerprint density at radius 3 is 1.72 bits per heavy atom. The van der Waals surface area contributed by atoms with Crippen molar-refractivity contribution < 1.29 is 44.6 Å². The fourth-order valence-corrected chi connectivity index (χ4v) is 1.89. The van der Waals surface area contributed by atoms with Crippen LogP contribution in [0, 0.1) is 0 Å². The van der Waals surface area contributed by atoms with E-state index in [4.69, 9.17) is 0 Å². The summed E-state index contributed by atoms with van der Waals surface area (Å²) in [6, 6.07) is 0. The number of alkyl halides is 8. The molecule has 1 saturated heterocycles. The molecule has 2 atom stereocenters. The molecule has 2 unspecified atom stereocenters. The Labute approximate surface area is 95.8 Å². The van der Waals surface area contributed by atoms with Gasteiger partial charge in [-0.05, 0) is 0 Å². The lowest BCUT2D eigenvalue weighted by molar-refractivity contribution is -0.378. The molecule has 0 aromatic heterocycles. The molecular weight excluding hydrogens is 280 g/mol. The number of halogens is 8. The first-order valence-corrected chi connectivity index (χ1v) is 4.59. The lowest BCUT2D eigenvalue weighted by atomic mass is 9.86. The van der Waals surface area contributed by atoms with Gasteiger partial charge >= 0.3 is 18.2 Å². The Bertz CT molecular complexity index is 340. The van der Waals surface area contributed by atoms with Crippen molar-refractivity contribution in [3.05, 3.63) is 0 Å². The van der Waals surface area contributed by atoms with Crippen LogP contribution in [0.5, 0.6) is 0 Å². The third-order valence-electron chi connectivity index (χ3n) is 2.78. The zero-order valence-corrected chi connectivity index (χ0v) is 9.05. The minimum absolute atomic E-state index is 0.0656. The van der Waals surface area contributed by atoms with Crippen LogP contribution in [0.1, 0.15) is 13.3 Å². The van der Waals surface area contributed by atoms with Crippen LogP contribution in [0.4, 0.5) is 35.1 Å². The second-order valence-electron chi connectivity index (χ2n) is 3.66. The highest BCUT2D eigenvalue weighted by Gasteiger charge is 2.94. The molecule has 1 fully saturated rings. The van der Waals surface area contributed by atoms with E-state index in [0.29, 0.717) is 6.92 Å². The number of hydrogen-bond donors (Lipinski definition) is 0. The first kappa shape index (κ1) is 15.4. The first-order chi connectivity index (χ1) is 7.83. The highest BCUT2D eigenvalue weighted by molar-refractivity contribution is 5.18. The third kappa shape index (κ3) is 1.41. The summed E-state index contributed by atoms with van der Waals surface area (Å²) < 4.78 is 111. The van der Waals surface area contributed by atoms with Crippen LogP contribution in [-0.4, -0.2) is 36.8 Å². The summed E-state index contributed by atoms with van der Waals surface area (Å²) in [5.41, 5.74) is -5.06. The van der Waals surface area contributed by atoms with Crippen molar-refractivity contribution in [1.29, 1.82) is 0 Å². The number of hydrogen-bond acceptors (Lipinski definition) is 2. The van der Waals surface area contributed by atoms with Crippen LogP contribution >= 0.6 is 0 Å². The van der Waals surface area contributed by atoms with Crippen molar-refractivity contribution >= 4 is 0 Å². The molecule has 1 heterocycles. The van der Waals surface area contributed by atoms with E-state index in [1.165, 1.54) is 0 Å². The summed E-state index contributed by atoms with van der Waals surface area (Å²) in [7, 11) is 0.0656. The van der Waals surface area contributed by atoms with Crippen LogP contribution in [0.25, 0.3) is 0 Å². The van der Waals surface area contributed by atoms with Crippen LogP contribution in [-0.2, 0) is 9.47 Å². The lowest BCUT2D eigenvalue weighted by Gasteiger charge is -2.39. The molecule has 1 aliphatic rings. The molecule has 0 aromatic rings. The Morgan fingerprint density at radius 1 is 1.06 bits per heavy atom. The Balaban J connectivity index is 3.62. The fourth-order valence-electron chi connectivity index (χ4n) is 1.89. The van der Waals surface area contributed by atoms with E-state index < -0.39 is 36.1 Å². The van der Waals surface area contributed by atoms with Gasteiger partial charge < -0.3 is 4.74 Å². The van der Waals surface area contributed by atoms with Gasteiger partial charge in [0.2, 0.25) is 0 Å². The zero-order chi connectivity index (χ0) is 14.6. The van der Waals surface area contributed by atoms with Crippen molar-refractivity contribution in [3.63, 3.8) is 0 Å². The maximum Gasteiger partial charge on any atom is 0.429 e. The molecule has 1 aliphatic heterocycles. The maximum absolute atomic E-state index is 13.8. The molecule has 1 rings (SSSR count). The van der Waals surface area contributed by atoms with E-state index in [9.17, 15) is 35.1 Å². The molecular formula is C8H8F8O2. The molecule has 0 bridgehead atoms. The number of ether oxygens (including phenoxy) is 2. The Hall–Kier alpha value is -0.640. The molecule has 0 amide bonds. The third-order valence-corrected chi connectivity index (χ3v) is 2.78. The fraction of sp³-hybridized carbons (Fsp3) is 1.00. The molecule has 0 spiro atoms. The number of methoxy groups -OCH3 is 1. The second kappa shape index (κ2) is 3.69. The molecule has 18 heavy (non-hydrogen) atoms. The van der Waals surface area contributed by atoms with Gasteiger partial charge in [0.1, 0.15) is 0 Å². The molecule has 0 aliphatic carbocycles. The van der Waals surface area contributed by atoms with Crippen LogP contribution < -0.4 is 0 Å². The summed E-state index contributed by atoms with van der Waals surface area (Å²) in [5.74, 6) is -10.3. The van der Waals surface area contributed by atoms with E-state index in [1.807, 2.05) is 0 Å². The van der Waals surface area contributed by atoms with Gasteiger partial charge in [0.25, 0.3) is 11.5 Å². The van der Waals surface area contributed by atoms with Crippen molar-refractivity contribution in [3.8, 4) is 0 Å². The Morgan fingerprint density at radius 2 is 1.50 bits per heavy atom. The smallest absolute Gasteiger partial charge is 0.359 e. The van der Waals surface area contributed by atoms with E-state index in [0.717, 1.165) is 0 Å². The predicted octanol–water partition coefficient (Wildman–Crippen LogP) is 3.27. The van der Waals surface area contributed by atoms with Crippen molar-refractivity contribution in [2.24, 2.45) is 0 Å². The standard InChI is InChI=1S/C8H8F8O2/c1-3-4(9)5(17-2,7(12,13)14)6(10,11)8(15,16)18-4/h3H2,1-2H3. The number of rotatable bonds is 2. The van der Waals surface area contributed by atoms with Crippen LogP contribution in [0.2, 0.25) is 0 Å². The van der Waals surface area contributed by atoms with Gasteiger partial charge in [-0.3, -0.25) is 4.74 Å². The summed E-state index contributed by atoms with van der Waals surface area (Å²) in [6.07, 6.45) is -13.1. The van der Waals surface area contributed by atoms with Crippen molar-refractivity contribution in [2.45, 2.75) is 43.0 Å². The zero-order valence-electron chi connectivity index (χ0n) is 9.05. The highest BCUT2D eigenvalue weighted by Crippen LogP contribution is 2.65. The molecule has 0 aromatic carbocycles. The average Bonchev–Trinajstić information content (AvgIpc) is 2.27. The van der Waals surface area contributed by atoms with Crippen molar-refractivity contribution in [1.82, 2.24) is 0 Å². The van der Waals surface area contributed by atoms with Crippen molar-refractivity contribution in [2.75, 3.05) is 7.11 Å². The van der Waals surface area contributed by atoms with Gasteiger partial charge in [-0.25, -0.2) is 4.39 Å². The monoisotopic (exact) mass is 288 g/mol. The average molecular weight is 288 g/mol. The lowest BCUT2D eigenvalue weighted by Crippen LogP contribution is -2.68.